The molecule has 0 radical (unpaired) electrons. The number of amides is 2. The molecule has 0 unspecified atom stereocenters. The molecular formula is C22H27N3O4. The number of benzene rings is 1. The maximum atomic E-state index is 13.5. The summed E-state index contributed by atoms with van der Waals surface area (Å²) < 4.78 is 5.32. The fraction of sp³-hybridized carbons (Fsp3) is 0.409. The van der Waals surface area contributed by atoms with E-state index in [4.69, 9.17) is 4.74 Å². The molecule has 2 N–H and O–H groups in total. The van der Waals surface area contributed by atoms with Gasteiger partial charge in [0.15, 0.2) is 0 Å². The molecule has 2 heterocycles. The van der Waals surface area contributed by atoms with Crippen molar-refractivity contribution in [3.8, 4) is 0 Å². The topological polar surface area (TPSA) is 91.5 Å². The first-order valence-electron chi connectivity index (χ1n) is 9.82. The van der Waals surface area contributed by atoms with E-state index in [0.717, 1.165) is 5.56 Å². The standard InChI is InChI=1S/C22H27N3O4/c1-13(2)29-22(28)19-14(3)20(24-15(19)4)21(27)25-11-10-23-18(26)12-17(25)16-8-6-5-7-9-16/h5-9,13,17,24H,10-12H2,1-4H3,(H,23,26)/t17-/m0/s1. The van der Waals surface area contributed by atoms with Crippen molar-refractivity contribution in [3.63, 3.8) is 0 Å². The second kappa shape index (κ2) is 8.51. The zero-order chi connectivity index (χ0) is 21.1. The van der Waals surface area contributed by atoms with Crippen LogP contribution in [-0.2, 0) is 9.53 Å². The van der Waals surface area contributed by atoms with Crippen molar-refractivity contribution >= 4 is 17.8 Å². The number of aryl methyl sites for hydroxylation is 1. The van der Waals surface area contributed by atoms with Crippen molar-refractivity contribution < 1.29 is 19.1 Å². The number of nitrogens with one attached hydrogen (secondary N) is 2. The van der Waals surface area contributed by atoms with E-state index in [2.05, 4.69) is 10.3 Å². The fourth-order valence-electron chi connectivity index (χ4n) is 3.73. The summed E-state index contributed by atoms with van der Waals surface area (Å²) >= 11 is 0. The minimum atomic E-state index is -0.447. The molecule has 2 aromatic rings. The second-order valence-electron chi connectivity index (χ2n) is 7.56. The Morgan fingerprint density at radius 1 is 1.17 bits per heavy atom. The van der Waals surface area contributed by atoms with Gasteiger partial charge in [0.2, 0.25) is 5.91 Å². The number of aromatic nitrogens is 1. The molecule has 0 aliphatic carbocycles. The molecule has 3 rings (SSSR count). The maximum Gasteiger partial charge on any atom is 0.340 e. The molecule has 7 heteroatoms. The predicted octanol–water partition coefficient (Wildman–Crippen LogP) is 2.90. The second-order valence-corrected chi connectivity index (χ2v) is 7.56. The smallest absolute Gasteiger partial charge is 0.340 e. The minimum Gasteiger partial charge on any atom is -0.459 e. The summed E-state index contributed by atoms with van der Waals surface area (Å²) in [5, 5.41) is 2.83. The van der Waals surface area contributed by atoms with Gasteiger partial charge in [0, 0.05) is 18.8 Å². The Kier molecular flexibility index (Phi) is 6.06. The summed E-state index contributed by atoms with van der Waals surface area (Å²) in [5.41, 5.74) is 2.80. The number of carbonyl (C=O) groups is 3. The summed E-state index contributed by atoms with van der Waals surface area (Å²) in [6.07, 6.45) is -0.0583. The summed E-state index contributed by atoms with van der Waals surface area (Å²) in [7, 11) is 0. The Labute approximate surface area is 170 Å². The van der Waals surface area contributed by atoms with Crippen LogP contribution in [0.4, 0.5) is 0 Å². The molecule has 1 aromatic carbocycles. The Morgan fingerprint density at radius 3 is 2.52 bits per heavy atom. The van der Waals surface area contributed by atoms with E-state index in [1.54, 1.807) is 32.6 Å². The van der Waals surface area contributed by atoms with Crippen molar-refractivity contribution in [1.82, 2.24) is 15.2 Å². The lowest BCUT2D eigenvalue weighted by Gasteiger charge is -2.29. The van der Waals surface area contributed by atoms with Gasteiger partial charge in [0.05, 0.1) is 24.1 Å². The highest BCUT2D eigenvalue weighted by Gasteiger charge is 2.33. The number of aromatic amines is 1. The van der Waals surface area contributed by atoms with Crippen LogP contribution in [0.2, 0.25) is 0 Å². The number of hydrogen-bond donors (Lipinski definition) is 2. The van der Waals surface area contributed by atoms with Crippen molar-refractivity contribution in [2.24, 2.45) is 0 Å². The van der Waals surface area contributed by atoms with Crippen LogP contribution < -0.4 is 5.32 Å². The Morgan fingerprint density at radius 2 is 1.86 bits per heavy atom. The largest absolute Gasteiger partial charge is 0.459 e. The van der Waals surface area contributed by atoms with E-state index in [9.17, 15) is 14.4 Å². The molecule has 1 aliphatic heterocycles. The number of carbonyl (C=O) groups excluding carboxylic acids is 3. The number of H-pyrrole nitrogens is 1. The van der Waals surface area contributed by atoms with Gasteiger partial charge in [-0.05, 0) is 38.8 Å². The third kappa shape index (κ3) is 4.34. The van der Waals surface area contributed by atoms with Crippen LogP contribution in [0, 0.1) is 13.8 Å². The Bertz CT molecular complexity index is 918. The molecule has 1 aliphatic rings. The fourth-order valence-corrected chi connectivity index (χ4v) is 3.73. The summed E-state index contributed by atoms with van der Waals surface area (Å²) in [6, 6.07) is 9.15. The Hall–Kier alpha value is -3.09. The first-order chi connectivity index (χ1) is 13.8. The van der Waals surface area contributed by atoms with Gasteiger partial charge in [0.25, 0.3) is 5.91 Å². The molecule has 0 spiro atoms. The van der Waals surface area contributed by atoms with Gasteiger partial charge in [-0.1, -0.05) is 30.3 Å². The van der Waals surface area contributed by atoms with E-state index in [1.165, 1.54) is 0 Å². The summed E-state index contributed by atoms with van der Waals surface area (Å²) in [5.74, 6) is -0.771. The van der Waals surface area contributed by atoms with Gasteiger partial charge in [-0.2, -0.15) is 0 Å². The highest BCUT2D eigenvalue weighted by Crippen LogP contribution is 2.29. The molecule has 29 heavy (non-hydrogen) atoms. The third-order valence-corrected chi connectivity index (χ3v) is 5.07. The van der Waals surface area contributed by atoms with E-state index in [-0.39, 0.29) is 30.4 Å². The van der Waals surface area contributed by atoms with Crippen LogP contribution in [-0.4, -0.2) is 46.9 Å². The van der Waals surface area contributed by atoms with Gasteiger partial charge in [-0.25, -0.2) is 4.79 Å². The average molecular weight is 397 g/mol. The molecule has 1 saturated heterocycles. The van der Waals surface area contributed by atoms with Crippen LogP contribution in [0.5, 0.6) is 0 Å². The van der Waals surface area contributed by atoms with Gasteiger partial charge in [0.1, 0.15) is 5.69 Å². The van der Waals surface area contributed by atoms with E-state index < -0.39 is 5.97 Å². The van der Waals surface area contributed by atoms with Crippen LogP contribution in [0.15, 0.2) is 30.3 Å². The molecule has 7 nitrogen and oxygen atoms in total. The predicted molar refractivity (Wildman–Crippen MR) is 109 cm³/mol. The molecule has 1 atom stereocenters. The number of hydrogen-bond acceptors (Lipinski definition) is 4. The van der Waals surface area contributed by atoms with Crippen molar-refractivity contribution in [2.45, 2.75) is 46.3 Å². The highest BCUT2D eigenvalue weighted by atomic mass is 16.5. The van der Waals surface area contributed by atoms with Crippen molar-refractivity contribution in [2.75, 3.05) is 13.1 Å². The molecule has 154 valence electrons. The van der Waals surface area contributed by atoms with Crippen molar-refractivity contribution in [1.29, 1.82) is 0 Å². The number of esters is 1. The normalized spacial score (nSPS) is 17.1. The van der Waals surface area contributed by atoms with Crippen LogP contribution in [0.3, 0.4) is 0 Å². The molecule has 0 saturated carbocycles. The number of nitrogens with zero attached hydrogens (tertiary/aromatic N) is 1. The van der Waals surface area contributed by atoms with Crippen molar-refractivity contribution in [3.05, 3.63) is 58.4 Å². The first-order valence-corrected chi connectivity index (χ1v) is 9.82. The monoisotopic (exact) mass is 397 g/mol. The molecule has 1 fully saturated rings. The SMILES string of the molecule is Cc1[nH]c(C(=O)N2CCNC(=O)C[C@H]2c2ccccc2)c(C)c1C(=O)OC(C)C. The lowest BCUT2D eigenvalue weighted by molar-refractivity contribution is -0.121. The number of rotatable bonds is 4. The van der Waals surface area contributed by atoms with E-state index in [0.29, 0.717) is 35.6 Å². The summed E-state index contributed by atoms with van der Waals surface area (Å²) in [6.45, 7) is 7.83. The third-order valence-electron chi connectivity index (χ3n) is 5.07. The van der Waals surface area contributed by atoms with Crippen LogP contribution >= 0.6 is 0 Å². The first kappa shape index (κ1) is 20.6. The molecule has 0 bridgehead atoms. The van der Waals surface area contributed by atoms with Gasteiger partial charge >= 0.3 is 5.97 Å². The number of ether oxygens (including phenoxy) is 1. The van der Waals surface area contributed by atoms with Crippen LogP contribution in [0.25, 0.3) is 0 Å². The minimum absolute atomic E-state index is 0.0882. The van der Waals surface area contributed by atoms with Crippen LogP contribution in [0.1, 0.15) is 64.0 Å². The van der Waals surface area contributed by atoms with E-state index >= 15 is 0 Å². The molecular weight excluding hydrogens is 370 g/mol. The average Bonchev–Trinajstić information content (AvgIpc) is 2.84. The lowest BCUT2D eigenvalue weighted by atomic mass is 10.0. The van der Waals surface area contributed by atoms with Gasteiger partial charge in [-0.3, -0.25) is 9.59 Å². The zero-order valence-corrected chi connectivity index (χ0v) is 17.2. The molecule has 2 amide bonds. The molecule has 1 aromatic heterocycles. The lowest BCUT2D eigenvalue weighted by Crippen LogP contribution is -2.37. The maximum absolute atomic E-state index is 13.5. The van der Waals surface area contributed by atoms with Gasteiger partial charge < -0.3 is 19.9 Å². The summed E-state index contributed by atoms with van der Waals surface area (Å²) in [4.78, 5) is 42.9. The zero-order valence-electron chi connectivity index (χ0n) is 17.2. The Balaban J connectivity index is 1.97. The van der Waals surface area contributed by atoms with Gasteiger partial charge in [-0.15, -0.1) is 0 Å². The highest BCUT2D eigenvalue weighted by molar-refractivity contribution is 6.01. The quantitative estimate of drug-likeness (QED) is 0.776. The van der Waals surface area contributed by atoms with E-state index in [1.807, 2.05) is 30.3 Å².